The molecule has 0 heterocycles. The smallest absolute Gasteiger partial charge is 0.276 e. The van der Waals surface area contributed by atoms with E-state index >= 15 is 0 Å². The number of nitro groups is 1. The highest BCUT2D eigenvalue weighted by Gasteiger charge is 2.10. The summed E-state index contributed by atoms with van der Waals surface area (Å²) in [7, 11) is 0. The van der Waals surface area contributed by atoms with E-state index in [-0.39, 0.29) is 11.4 Å². The van der Waals surface area contributed by atoms with Gasteiger partial charge in [-0.15, -0.1) is 0 Å². The summed E-state index contributed by atoms with van der Waals surface area (Å²) in [5, 5.41) is 10.4. The zero-order valence-electron chi connectivity index (χ0n) is 7.98. The lowest BCUT2D eigenvalue weighted by molar-refractivity contribution is -0.385. The van der Waals surface area contributed by atoms with Crippen LogP contribution in [0.2, 0.25) is 0 Å². The van der Waals surface area contributed by atoms with Crippen molar-refractivity contribution in [2.45, 2.75) is 6.42 Å². The van der Waals surface area contributed by atoms with E-state index in [1.54, 1.807) is 0 Å². The van der Waals surface area contributed by atoms with Gasteiger partial charge in [0.25, 0.3) is 5.69 Å². The molecular weight excluding hydrogens is 203 g/mol. The van der Waals surface area contributed by atoms with Gasteiger partial charge in [-0.1, -0.05) is 0 Å². The highest BCUT2D eigenvalue weighted by Crippen LogP contribution is 2.21. The quantitative estimate of drug-likeness (QED) is 0.457. The minimum atomic E-state index is -0.688. The molecule has 0 amide bonds. The summed E-state index contributed by atoms with van der Waals surface area (Å²) in [4.78, 5) is 9.73. The van der Waals surface area contributed by atoms with Gasteiger partial charge >= 0.3 is 0 Å². The van der Waals surface area contributed by atoms with Gasteiger partial charge in [0.2, 0.25) is 0 Å². The lowest BCUT2D eigenvalue weighted by atomic mass is 10.3. The number of nitrogens with two attached hydrogens (primary N) is 1. The molecule has 0 spiro atoms. The monoisotopic (exact) mass is 214 g/mol. The van der Waals surface area contributed by atoms with Crippen molar-refractivity contribution in [1.82, 2.24) is 0 Å². The van der Waals surface area contributed by atoms with Crippen molar-refractivity contribution in [2.75, 3.05) is 13.2 Å². The average Bonchev–Trinajstić information content (AvgIpc) is 2.17. The lowest BCUT2D eigenvalue weighted by Crippen LogP contribution is -2.06. The molecule has 0 aliphatic rings. The van der Waals surface area contributed by atoms with E-state index < -0.39 is 10.7 Å². The number of hydrogen-bond acceptors (Lipinski definition) is 4. The van der Waals surface area contributed by atoms with Gasteiger partial charge < -0.3 is 10.5 Å². The zero-order valence-corrected chi connectivity index (χ0v) is 7.98. The lowest BCUT2D eigenvalue weighted by Gasteiger charge is -2.04. The maximum Gasteiger partial charge on any atom is 0.276 e. The van der Waals surface area contributed by atoms with Crippen LogP contribution in [0.5, 0.6) is 5.75 Å². The number of halogens is 1. The Labute approximate surface area is 85.8 Å². The molecular formula is C9H11FN2O3. The molecule has 2 N–H and O–H groups in total. The molecule has 0 saturated carbocycles. The molecule has 0 aromatic heterocycles. The molecule has 0 saturated heterocycles. The number of benzene rings is 1. The molecule has 15 heavy (non-hydrogen) atoms. The zero-order chi connectivity index (χ0) is 11.3. The summed E-state index contributed by atoms with van der Waals surface area (Å²) >= 11 is 0. The molecule has 1 rings (SSSR count). The van der Waals surface area contributed by atoms with Crippen LogP contribution in [0, 0.1) is 15.9 Å². The second-order valence-electron chi connectivity index (χ2n) is 2.89. The normalized spacial score (nSPS) is 10.0. The Morgan fingerprint density at radius 1 is 1.47 bits per heavy atom. The van der Waals surface area contributed by atoms with E-state index in [0.29, 0.717) is 19.6 Å². The van der Waals surface area contributed by atoms with Crippen molar-refractivity contribution in [3.05, 3.63) is 34.1 Å². The van der Waals surface area contributed by atoms with Gasteiger partial charge in [-0.05, 0) is 13.0 Å². The standard InChI is InChI=1S/C9H11FN2O3/c10-7-4-8(12(13)14)6-9(5-7)15-3-1-2-11/h4-6H,1-3,11H2. The second kappa shape index (κ2) is 5.26. The Balaban J connectivity index is 2.75. The van der Waals surface area contributed by atoms with Crippen LogP contribution in [-0.2, 0) is 0 Å². The van der Waals surface area contributed by atoms with E-state index in [1.807, 2.05) is 0 Å². The summed E-state index contributed by atoms with van der Waals surface area (Å²) < 4.78 is 18.0. The highest BCUT2D eigenvalue weighted by molar-refractivity contribution is 5.38. The van der Waals surface area contributed by atoms with Crippen molar-refractivity contribution < 1.29 is 14.1 Å². The summed E-state index contributed by atoms with van der Waals surface area (Å²) in [5.41, 5.74) is 4.92. The van der Waals surface area contributed by atoms with Crippen LogP contribution < -0.4 is 10.5 Å². The molecule has 0 aliphatic carbocycles. The SMILES string of the molecule is NCCCOc1cc(F)cc([N+](=O)[O-])c1. The highest BCUT2D eigenvalue weighted by atomic mass is 19.1. The van der Waals surface area contributed by atoms with E-state index in [4.69, 9.17) is 10.5 Å². The fraction of sp³-hybridized carbons (Fsp3) is 0.333. The molecule has 0 radical (unpaired) electrons. The van der Waals surface area contributed by atoms with Gasteiger partial charge in [0.1, 0.15) is 11.6 Å². The van der Waals surface area contributed by atoms with Crippen molar-refractivity contribution >= 4 is 5.69 Å². The first-order valence-electron chi connectivity index (χ1n) is 4.41. The van der Waals surface area contributed by atoms with E-state index in [0.717, 1.165) is 12.1 Å². The summed E-state index contributed by atoms with van der Waals surface area (Å²) in [6.45, 7) is 0.772. The first kappa shape index (κ1) is 11.4. The summed E-state index contributed by atoms with van der Waals surface area (Å²) in [6.07, 6.45) is 0.615. The molecule has 0 bridgehead atoms. The van der Waals surface area contributed by atoms with Crippen LogP contribution in [-0.4, -0.2) is 18.1 Å². The van der Waals surface area contributed by atoms with Crippen LogP contribution in [0.4, 0.5) is 10.1 Å². The van der Waals surface area contributed by atoms with Crippen LogP contribution in [0.25, 0.3) is 0 Å². The Morgan fingerprint density at radius 2 is 2.20 bits per heavy atom. The van der Waals surface area contributed by atoms with E-state index in [1.165, 1.54) is 6.07 Å². The third kappa shape index (κ3) is 3.51. The molecule has 5 nitrogen and oxygen atoms in total. The number of nitrogens with zero attached hydrogens (tertiary/aromatic N) is 1. The molecule has 82 valence electrons. The molecule has 1 aromatic rings. The summed E-state index contributed by atoms with van der Waals surface area (Å²) in [6, 6.07) is 3.12. The Bertz CT molecular complexity index is 357. The van der Waals surface area contributed by atoms with Crippen LogP contribution in [0.1, 0.15) is 6.42 Å². The Hall–Kier alpha value is -1.69. The Kier molecular flexibility index (Phi) is 3.99. The minimum absolute atomic E-state index is 0.148. The predicted octanol–water partition coefficient (Wildman–Crippen LogP) is 1.46. The number of hydrogen-bond donors (Lipinski definition) is 1. The number of non-ortho nitro benzene ring substituents is 1. The topological polar surface area (TPSA) is 78.4 Å². The van der Waals surface area contributed by atoms with Crippen LogP contribution in [0.3, 0.4) is 0 Å². The Morgan fingerprint density at radius 3 is 2.80 bits per heavy atom. The van der Waals surface area contributed by atoms with Crippen molar-refractivity contribution in [3.8, 4) is 5.75 Å². The van der Waals surface area contributed by atoms with Gasteiger partial charge in [-0.3, -0.25) is 10.1 Å². The van der Waals surface area contributed by atoms with E-state index in [9.17, 15) is 14.5 Å². The molecule has 0 unspecified atom stereocenters. The third-order valence-corrected chi connectivity index (χ3v) is 1.68. The number of rotatable bonds is 5. The fourth-order valence-corrected chi connectivity index (χ4v) is 1.01. The van der Waals surface area contributed by atoms with Gasteiger partial charge in [-0.2, -0.15) is 0 Å². The fourth-order valence-electron chi connectivity index (χ4n) is 1.01. The molecule has 0 fully saturated rings. The van der Waals surface area contributed by atoms with Crippen LogP contribution in [0.15, 0.2) is 18.2 Å². The number of ether oxygens (including phenoxy) is 1. The molecule has 0 atom stereocenters. The largest absolute Gasteiger partial charge is 0.493 e. The van der Waals surface area contributed by atoms with Crippen molar-refractivity contribution in [2.24, 2.45) is 5.73 Å². The van der Waals surface area contributed by atoms with Gasteiger partial charge in [0.15, 0.2) is 0 Å². The maximum absolute atomic E-state index is 12.9. The maximum atomic E-state index is 12.9. The van der Waals surface area contributed by atoms with Crippen molar-refractivity contribution in [1.29, 1.82) is 0 Å². The average molecular weight is 214 g/mol. The molecule has 1 aromatic carbocycles. The van der Waals surface area contributed by atoms with Gasteiger partial charge in [0, 0.05) is 6.07 Å². The predicted molar refractivity (Wildman–Crippen MR) is 52.2 cm³/mol. The van der Waals surface area contributed by atoms with Gasteiger partial charge in [-0.25, -0.2) is 4.39 Å². The first-order chi connectivity index (χ1) is 7.13. The van der Waals surface area contributed by atoms with E-state index in [2.05, 4.69) is 0 Å². The summed E-state index contributed by atoms with van der Waals surface area (Å²) in [5.74, 6) is -0.540. The van der Waals surface area contributed by atoms with Crippen molar-refractivity contribution in [3.63, 3.8) is 0 Å². The first-order valence-corrected chi connectivity index (χ1v) is 4.41. The second-order valence-corrected chi connectivity index (χ2v) is 2.89. The van der Waals surface area contributed by atoms with Gasteiger partial charge in [0.05, 0.1) is 23.7 Å². The third-order valence-electron chi connectivity index (χ3n) is 1.68. The number of nitro benzene ring substituents is 1. The van der Waals surface area contributed by atoms with Crippen LogP contribution >= 0.6 is 0 Å². The minimum Gasteiger partial charge on any atom is -0.493 e. The molecule has 0 aliphatic heterocycles. The molecule has 6 heteroatoms.